The van der Waals surface area contributed by atoms with Gasteiger partial charge in [0.1, 0.15) is 0 Å². The van der Waals surface area contributed by atoms with E-state index >= 15 is 0 Å². The Kier molecular flexibility index (Phi) is 4.29. The molecule has 0 aliphatic rings. The second-order valence-corrected chi connectivity index (χ2v) is 5.55. The number of carbonyl (C=O) groups is 1. The molecule has 0 aliphatic carbocycles. The highest BCUT2D eigenvalue weighted by Crippen LogP contribution is 2.24. The average Bonchev–Trinajstić information content (AvgIpc) is 2.42. The quantitative estimate of drug-likeness (QED) is 0.847. The topological polar surface area (TPSA) is 58.4 Å². The minimum absolute atomic E-state index is 0.178. The van der Waals surface area contributed by atoms with Crippen LogP contribution in [-0.4, -0.2) is 20.0 Å². The number of hydrogen-bond donors (Lipinski definition) is 2. The molecule has 0 fully saturated rings. The third kappa shape index (κ3) is 3.30. The van der Waals surface area contributed by atoms with Crippen molar-refractivity contribution < 1.29 is 4.79 Å². The molecule has 104 valence electrons. The zero-order valence-electron chi connectivity index (χ0n) is 11.4. The molecule has 0 spiro atoms. The third-order valence-electron chi connectivity index (χ3n) is 2.89. The molecule has 2 aromatic carbocycles. The molecule has 0 atom stereocenters. The van der Waals surface area contributed by atoms with Crippen molar-refractivity contribution in [3.63, 3.8) is 0 Å². The number of benzene rings is 2. The van der Waals surface area contributed by atoms with E-state index in [4.69, 9.17) is 5.73 Å². The fraction of sp³-hybridized carbons (Fsp3) is 0.133. The summed E-state index contributed by atoms with van der Waals surface area (Å²) in [6.07, 6.45) is 0. The summed E-state index contributed by atoms with van der Waals surface area (Å²) in [7, 11) is 3.87. The minimum atomic E-state index is -0.178. The summed E-state index contributed by atoms with van der Waals surface area (Å²) in [5.41, 5.74) is 8.57. The van der Waals surface area contributed by atoms with Crippen molar-refractivity contribution in [2.75, 3.05) is 30.0 Å². The van der Waals surface area contributed by atoms with Crippen molar-refractivity contribution in [1.29, 1.82) is 0 Å². The molecule has 0 saturated heterocycles. The number of nitrogens with zero attached hydrogens (tertiary/aromatic N) is 1. The molecule has 0 bridgehead atoms. The fourth-order valence-electron chi connectivity index (χ4n) is 1.77. The number of hydrogen-bond acceptors (Lipinski definition) is 3. The predicted molar refractivity (Wildman–Crippen MR) is 87.3 cm³/mol. The van der Waals surface area contributed by atoms with E-state index in [1.165, 1.54) is 0 Å². The van der Waals surface area contributed by atoms with Gasteiger partial charge in [-0.05, 0) is 36.4 Å². The van der Waals surface area contributed by atoms with Crippen LogP contribution in [0.5, 0.6) is 0 Å². The van der Waals surface area contributed by atoms with Crippen LogP contribution in [0.3, 0.4) is 0 Å². The van der Waals surface area contributed by atoms with Crippen LogP contribution in [0.25, 0.3) is 0 Å². The molecule has 0 aliphatic heterocycles. The van der Waals surface area contributed by atoms with Crippen molar-refractivity contribution >= 4 is 38.9 Å². The maximum absolute atomic E-state index is 12.2. The lowest BCUT2D eigenvalue weighted by molar-refractivity contribution is 0.102. The smallest absolute Gasteiger partial charge is 0.255 e. The summed E-state index contributed by atoms with van der Waals surface area (Å²) in [6, 6.07) is 12.8. The van der Waals surface area contributed by atoms with Crippen LogP contribution < -0.4 is 16.0 Å². The molecule has 2 aromatic rings. The van der Waals surface area contributed by atoms with E-state index in [2.05, 4.69) is 21.2 Å². The van der Waals surface area contributed by atoms with Gasteiger partial charge in [-0.25, -0.2) is 0 Å². The monoisotopic (exact) mass is 333 g/mol. The Morgan fingerprint density at radius 1 is 1.20 bits per heavy atom. The second-order valence-electron chi connectivity index (χ2n) is 4.63. The highest BCUT2D eigenvalue weighted by Gasteiger charge is 2.09. The molecule has 4 nitrogen and oxygen atoms in total. The summed E-state index contributed by atoms with van der Waals surface area (Å²) < 4.78 is 0.877. The number of nitrogens with one attached hydrogen (secondary N) is 1. The van der Waals surface area contributed by atoms with Crippen molar-refractivity contribution in [2.45, 2.75) is 0 Å². The van der Waals surface area contributed by atoms with Gasteiger partial charge in [0.05, 0.1) is 11.4 Å². The number of rotatable bonds is 3. The van der Waals surface area contributed by atoms with Gasteiger partial charge in [-0.2, -0.15) is 0 Å². The van der Waals surface area contributed by atoms with E-state index in [-0.39, 0.29) is 5.91 Å². The van der Waals surface area contributed by atoms with E-state index < -0.39 is 0 Å². The summed E-state index contributed by atoms with van der Waals surface area (Å²) in [5.74, 6) is -0.178. The Labute approximate surface area is 126 Å². The van der Waals surface area contributed by atoms with Gasteiger partial charge in [-0.1, -0.05) is 22.0 Å². The molecule has 20 heavy (non-hydrogen) atoms. The molecule has 0 radical (unpaired) electrons. The Hall–Kier alpha value is -2.01. The van der Waals surface area contributed by atoms with Gasteiger partial charge in [0.2, 0.25) is 0 Å². The number of carbonyl (C=O) groups excluding carboxylic acids is 1. The molecular formula is C15H16BrN3O. The molecule has 0 aromatic heterocycles. The maximum Gasteiger partial charge on any atom is 0.255 e. The molecule has 2 rings (SSSR count). The molecular weight excluding hydrogens is 318 g/mol. The first-order chi connectivity index (χ1) is 9.47. The lowest BCUT2D eigenvalue weighted by Crippen LogP contribution is -2.15. The van der Waals surface area contributed by atoms with Crippen LogP contribution in [0.4, 0.5) is 17.1 Å². The minimum Gasteiger partial charge on any atom is -0.397 e. The molecule has 0 saturated carbocycles. The summed E-state index contributed by atoms with van der Waals surface area (Å²) in [5, 5.41) is 2.82. The summed E-state index contributed by atoms with van der Waals surface area (Å²) >= 11 is 3.33. The van der Waals surface area contributed by atoms with Crippen molar-refractivity contribution in [2.24, 2.45) is 0 Å². The van der Waals surface area contributed by atoms with E-state index in [0.29, 0.717) is 16.9 Å². The number of nitrogen functional groups attached to an aromatic ring is 1. The molecule has 0 unspecified atom stereocenters. The lowest BCUT2D eigenvalue weighted by Gasteiger charge is -2.14. The largest absolute Gasteiger partial charge is 0.397 e. The van der Waals surface area contributed by atoms with E-state index in [9.17, 15) is 4.79 Å². The number of nitrogens with two attached hydrogens (primary N) is 1. The van der Waals surface area contributed by atoms with Crippen LogP contribution in [0.15, 0.2) is 46.9 Å². The molecule has 0 heterocycles. The van der Waals surface area contributed by atoms with Gasteiger partial charge in [-0.15, -0.1) is 0 Å². The van der Waals surface area contributed by atoms with Gasteiger partial charge < -0.3 is 16.0 Å². The number of amides is 1. The van der Waals surface area contributed by atoms with E-state index in [1.54, 1.807) is 18.2 Å². The average molecular weight is 334 g/mol. The van der Waals surface area contributed by atoms with E-state index in [0.717, 1.165) is 10.2 Å². The van der Waals surface area contributed by atoms with Crippen LogP contribution >= 0.6 is 15.9 Å². The van der Waals surface area contributed by atoms with E-state index in [1.807, 2.05) is 43.3 Å². The Bertz CT molecular complexity index is 641. The normalized spacial score (nSPS) is 10.2. The van der Waals surface area contributed by atoms with Crippen LogP contribution in [0, 0.1) is 0 Å². The SMILES string of the molecule is CN(C)c1cccc(C(=O)Nc2ccc(Br)cc2N)c1. The van der Waals surface area contributed by atoms with Gasteiger partial charge in [-0.3, -0.25) is 4.79 Å². The van der Waals surface area contributed by atoms with Gasteiger partial charge in [0, 0.05) is 29.8 Å². The van der Waals surface area contributed by atoms with Crippen LogP contribution in [0.2, 0.25) is 0 Å². The maximum atomic E-state index is 12.2. The third-order valence-corrected chi connectivity index (χ3v) is 3.38. The highest BCUT2D eigenvalue weighted by molar-refractivity contribution is 9.10. The molecule has 1 amide bonds. The van der Waals surface area contributed by atoms with Gasteiger partial charge >= 0.3 is 0 Å². The first-order valence-corrected chi connectivity index (χ1v) is 6.90. The van der Waals surface area contributed by atoms with Gasteiger partial charge in [0.25, 0.3) is 5.91 Å². The first-order valence-electron chi connectivity index (χ1n) is 6.11. The number of anilines is 3. The Balaban J connectivity index is 2.21. The van der Waals surface area contributed by atoms with Crippen molar-refractivity contribution in [3.05, 3.63) is 52.5 Å². The Morgan fingerprint density at radius 2 is 1.95 bits per heavy atom. The van der Waals surface area contributed by atoms with Crippen LogP contribution in [-0.2, 0) is 0 Å². The number of halogens is 1. The standard InChI is InChI=1S/C15H16BrN3O/c1-19(2)12-5-3-4-10(8-12)15(20)18-14-7-6-11(16)9-13(14)17/h3-9H,17H2,1-2H3,(H,18,20). The lowest BCUT2D eigenvalue weighted by atomic mass is 10.1. The summed E-state index contributed by atoms with van der Waals surface area (Å²) in [6.45, 7) is 0. The summed E-state index contributed by atoms with van der Waals surface area (Å²) in [4.78, 5) is 14.2. The van der Waals surface area contributed by atoms with Crippen LogP contribution in [0.1, 0.15) is 10.4 Å². The zero-order valence-corrected chi connectivity index (χ0v) is 12.9. The van der Waals surface area contributed by atoms with Crippen molar-refractivity contribution in [1.82, 2.24) is 0 Å². The molecule has 5 heteroatoms. The van der Waals surface area contributed by atoms with Gasteiger partial charge in [0.15, 0.2) is 0 Å². The fourth-order valence-corrected chi connectivity index (χ4v) is 2.15. The predicted octanol–water partition coefficient (Wildman–Crippen LogP) is 3.35. The second kappa shape index (κ2) is 5.96. The highest BCUT2D eigenvalue weighted by atomic mass is 79.9. The Morgan fingerprint density at radius 3 is 2.60 bits per heavy atom. The zero-order chi connectivity index (χ0) is 14.7. The molecule has 3 N–H and O–H groups in total. The van der Waals surface area contributed by atoms with Crippen molar-refractivity contribution in [3.8, 4) is 0 Å². The first kappa shape index (κ1) is 14.4.